The number of fused-ring (bicyclic) bond motifs is 1. The highest BCUT2D eigenvalue weighted by molar-refractivity contribution is 6.06. The number of nitrogen functional groups attached to an aromatic ring is 1. The second kappa shape index (κ2) is 12.9. The quantitative estimate of drug-likeness (QED) is 0.174. The number of nitrogens with zero attached hydrogens (tertiary/aromatic N) is 3. The highest BCUT2D eigenvalue weighted by Crippen LogP contribution is 2.21. The molecule has 198 valence electrons. The first-order chi connectivity index (χ1) is 17.9. The Balaban J connectivity index is 0.00000400. The number of carbonyl (C=O) groups excluding carboxylic acids is 2. The van der Waals surface area contributed by atoms with E-state index in [1.807, 2.05) is 72.1 Å². The van der Waals surface area contributed by atoms with Crippen molar-refractivity contribution in [1.29, 1.82) is 5.41 Å². The number of nitrogens with one attached hydrogen (secondary N) is 1. The molecule has 2 heterocycles. The second-order valence-electron chi connectivity index (χ2n) is 8.75. The third-order valence-electron chi connectivity index (χ3n) is 6.28. The Morgan fingerprint density at radius 2 is 1.74 bits per heavy atom. The predicted molar refractivity (Wildman–Crippen MR) is 151 cm³/mol. The van der Waals surface area contributed by atoms with E-state index in [2.05, 4.69) is 0 Å². The van der Waals surface area contributed by atoms with Crippen molar-refractivity contribution in [3.63, 3.8) is 0 Å². The number of pyridine rings is 1. The van der Waals surface area contributed by atoms with E-state index >= 15 is 0 Å². The van der Waals surface area contributed by atoms with Gasteiger partial charge in [-0.25, -0.2) is 4.98 Å². The fourth-order valence-electron chi connectivity index (χ4n) is 4.25. The Morgan fingerprint density at radius 3 is 2.39 bits per heavy atom. The zero-order valence-electron chi connectivity index (χ0n) is 21.5. The number of halogens is 1. The van der Waals surface area contributed by atoms with Crippen molar-refractivity contribution in [1.82, 2.24) is 9.38 Å². The fourth-order valence-corrected chi connectivity index (χ4v) is 4.25. The van der Waals surface area contributed by atoms with Gasteiger partial charge in [0.2, 0.25) is 0 Å². The molecule has 8 nitrogen and oxygen atoms in total. The van der Waals surface area contributed by atoms with Gasteiger partial charge in [0.1, 0.15) is 11.5 Å². The van der Waals surface area contributed by atoms with Crippen LogP contribution in [-0.4, -0.2) is 40.2 Å². The van der Waals surface area contributed by atoms with Crippen LogP contribution in [0.1, 0.15) is 46.2 Å². The molecule has 4 rings (SSSR count). The first-order valence-electron chi connectivity index (χ1n) is 12.3. The number of amidine groups is 1. The van der Waals surface area contributed by atoms with Crippen molar-refractivity contribution in [2.45, 2.75) is 33.1 Å². The van der Waals surface area contributed by atoms with E-state index in [0.29, 0.717) is 29.1 Å². The molecule has 0 aliphatic heterocycles. The van der Waals surface area contributed by atoms with Gasteiger partial charge >= 0.3 is 5.97 Å². The van der Waals surface area contributed by atoms with E-state index in [4.69, 9.17) is 20.9 Å². The van der Waals surface area contributed by atoms with Gasteiger partial charge in [-0.2, -0.15) is 0 Å². The molecule has 9 heteroatoms. The summed E-state index contributed by atoms with van der Waals surface area (Å²) >= 11 is 0. The molecule has 0 radical (unpaired) electrons. The first kappa shape index (κ1) is 28.4. The van der Waals surface area contributed by atoms with Crippen LogP contribution in [0.2, 0.25) is 0 Å². The Morgan fingerprint density at radius 1 is 1.03 bits per heavy atom. The molecule has 0 bridgehead atoms. The molecule has 4 aromatic rings. The van der Waals surface area contributed by atoms with Crippen LogP contribution in [-0.2, 0) is 22.4 Å². The average molecular weight is 534 g/mol. The summed E-state index contributed by atoms with van der Waals surface area (Å²) in [6, 6.07) is 20.6. The SMILES string of the molecule is CCOC(=O)CCN(C(=O)c1ccn2c(C)c(CCc3ccc(C(=N)N)cc3)nc2c1)c1ccccc1.Cl. The Hall–Kier alpha value is -4.17. The molecule has 2 aromatic carbocycles. The maximum Gasteiger partial charge on any atom is 0.307 e. The highest BCUT2D eigenvalue weighted by atomic mass is 35.5. The average Bonchev–Trinajstić information content (AvgIpc) is 3.23. The second-order valence-corrected chi connectivity index (χ2v) is 8.75. The molecule has 0 spiro atoms. The number of aryl methyl sites for hydroxylation is 3. The van der Waals surface area contributed by atoms with Crippen LogP contribution in [0.25, 0.3) is 5.65 Å². The van der Waals surface area contributed by atoms with E-state index < -0.39 is 0 Å². The third-order valence-corrected chi connectivity index (χ3v) is 6.28. The Labute approximate surface area is 228 Å². The lowest BCUT2D eigenvalue weighted by molar-refractivity contribution is -0.142. The number of imidazole rings is 1. The number of amides is 1. The Kier molecular flexibility index (Phi) is 9.62. The molecule has 0 saturated heterocycles. The van der Waals surface area contributed by atoms with E-state index in [1.165, 1.54) is 0 Å². The van der Waals surface area contributed by atoms with Gasteiger partial charge in [-0.05, 0) is 56.5 Å². The van der Waals surface area contributed by atoms with Gasteiger partial charge in [-0.1, -0.05) is 42.5 Å². The molecule has 3 N–H and O–H groups in total. The van der Waals surface area contributed by atoms with Crippen molar-refractivity contribution in [2.24, 2.45) is 5.73 Å². The summed E-state index contributed by atoms with van der Waals surface area (Å²) in [6.45, 7) is 4.30. The number of rotatable bonds is 10. The van der Waals surface area contributed by atoms with Gasteiger partial charge in [0, 0.05) is 35.2 Å². The molecule has 0 atom stereocenters. The molecule has 0 aliphatic carbocycles. The minimum atomic E-state index is -0.337. The normalized spacial score (nSPS) is 10.6. The number of ether oxygens (including phenoxy) is 1. The predicted octanol–water partition coefficient (Wildman–Crippen LogP) is 4.73. The number of carbonyl (C=O) groups is 2. The van der Waals surface area contributed by atoms with Gasteiger partial charge in [0.25, 0.3) is 5.91 Å². The number of hydrogen-bond acceptors (Lipinski definition) is 5. The van der Waals surface area contributed by atoms with Crippen molar-refractivity contribution in [3.05, 3.63) is 101 Å². The molecule has 38 heavy (non-hydrogen) atoms. The van der Waals surface area contributed by atoms with Crippen molar-refractivity contribution < 1.29 is 14.3 Å². The van der Waals surface area contributed by atoms with Crippen LogP contribution in [0.5, 0.6) is 0 Å². The molecular formula is C29H32ClN5O3. The number of hydrogen-bond donors (Lipinski definition) is 2. The fraction of sp³-hybridized carbons (Fsp3) is 0.241. The zero-order chi connectivity index (χ0) is 26.4. The number of para-hydroxylation sites is 1. The number of benzene rings is 2. The van der Waals surface area contributed by atoms with Gasteiger partial charge in [0.05, 0.1) is 18.7 Å². The monoisotopic (exact) mass is 533 g/mol. The van der Waals surface area contributed by atoms with Gasteiger partial charge in [-0.3, -0.25) is 15.0 Å². The lowest BCUT2D eigenvalue weighted by atomic mass is 10.1. The molecule has 1 amide bonds. The Bertz CT molecular complexity index is 1420. The number of nitrogens with two attached hydrogens (primary N) is 1. The third kappa shape index (κ3) is 6.58. The van der Waals surface area contributed by atoms with Crippen LogP contribution >= 0.6 is 12.4 Å². The van der Waals surface area contributed by atoms with Gasteiger partial charge in [0.15, 0.2) is 0 Å². The van der Waals surface area contributed by atoms with E-state index in [-0.39, 0.29) is 43.1 Å². The standard InChI is InChI=1S/C29H31N5O3.ClH/c1-3-37-27(35)16-18-34(24-7-5-4-6-8-24)29(36)23-15-17-33-20(2)25(32-26(33)19-23)14-11-21-9-12-22(13-10-21)28(30)31;/h4-10,12-13,15,17,19H,3,11,14,16,18H2,1-2H3,(H3,30,31);1H. The van der Waals surface area contributed by atoms with Crippen LogP contribution in [0.3, 0.4) is 0 Å². The van der Waals surface area contributed by atoms with Crippen LogP contribution in [0.4, 0.5) is 5.69 Å². The summed E-state index contributed by atoms with van der Waals surface area (Å²) in [4.78, 5) is 31.9. The smallest absolute Gasteiger partial charge is 0.307 e. The number of aromatic nitrogens is 2. The summed E-state index contributed by atoms with van der Waals surface area (Å²) in [6.07, 6.45) is 3.51. The van der Waals surface area contributed by atoms with Gasteiger partial charge < -0.3 is 19.8 Å². The van der Waals surface area contributed by atoms with Crippen molar-refractivity contribution in [2.75, 3.05) is 18.1 Å². The van der Waals surface area contributed by atoms with E-state index in [0.717, 1.165) is 29.8 Å². The minimum absolute atomic E-state index is 0. The first-order valence-corrected chi connectivity index (χ1v) is 12.3. The van der Waals surface area contributed by atoms with Crippen molar-refractivity contribution in [3.8, 4) is 0 Å². The lowest BCUT2D eigenvalue weighted by Crippen LogP contribution is -2.33. The minimum Gasteiger partial charge on any atom is -0.466 e. The zero-order valence-corrected chi connectivity index (χ0v) is 22.3. The highest BCUT2D eigenvalue weighted by Gasteiger charge is 2.20. The summed E-state index contributed by atoms with van der Waals surface area (Å²) in [5, 5.41) is 7.53. The molecule has 0 saturated carbocycles. The molecule has 2 aromatic heterocycles. The van der Waals surface area contributed by atoms with Gasteiger partial charge in [-0.15, -0.1) is 12.4 Å². The molecular weight excluding hydrogens is 502 g/mol. The topological polar surface area (TPSA) is 114 Å². The molecule has 0 aliphatic rings. The summed E-state index contributed by atoms with van der Waals surface area (Å²) in [5.74, 6) is -0.485. The summed E-state index contributed by atoms with van der Waals surface area (Å²) < 4.78 is 7.04. The van der Waals surface area contributed by atoms with Crippen LogP contribution in [0.15, 0.2) is 72.9 Å². The van der Waals surface area contributed by atoms with Crippen LogP contribution in [0, 0.1) is 12.3 Å². The molecule has 0 unspecified atom stereocenters. The summed E-state index contributed by atoms with van der Waals surface area (Å²) in [7, 11) is 0. The number of anilines is 1. The maximum absolute atomic E-state index is 13.6. The van der Waals surface area contributed by atoms with Crippen molar-refractivity contribution >= 4 is 41.5 Å². The van der Waals surface area contributed by atoms with E-state index in [9.17, 15) is 9.59 Å². The summed E-state index contributed by atoms with van der Waals surface area (Å²) in [5.41, 5.74) is 11.3. The largest absolute Gasteiger partial charge is 0.466 e. The lowest BCUT2D eigenvalue weighted by Gasteiger charge is -2.22. The van der Waals surface area contributed by atoms with E-state index in [1.54, 1.807) is 24.0 Å². The van der Waals surface area contributed by atoms with Crippen LogP contribution < -0.4 is 10.6 Å². The number of esters is 1. The molecule has 0 fully saturated rings. The maximum atomic E-state index is 13.6.